The molecule has 3 heterocycles. The van der Waals surface area contributed by atoms with E-state index >= 15 is 0 Å². The zero-order valence-corrected chi connectivity index (χ0v) is 15.5. The van der Waals surface area contributed by atoms with Crippen LogP contribution in [0.4, 0.5) is 0 Å². The third-order valence-electron chi connectivity index (χ3n) is 4.16. The van der Waals surface area contributed by atoms with Crippen LogP contribution >= 0.6 is 27.3 Å². The highest BCUT2D eigenvalue weighted by atomic mass is 79.9. The fourth-order valence-electron chi connectivity index (χ4n) is 2.65. The number of hydrogen-bond donors (Lipinski definition) is 1. The minimum Gasteiger partial charge on any atom is -0.339 e. The Kier molecular flexibility index (Phi) is 5.13. The molecule has 2 unspecified atom stereocenters. The van der Waals surface area contributed by atoms with Crippen LogP contribution in [0.2, 0.25) is 0 Å². The van der Waals surface area contributed by atoms with Crippen molar-refractivity contribution >= 4 is 33.2 Å². The van der Waals surface area contributed by atoms with E-state index in [-0.39, 0.29) is 11.9 Å². The zero-order valence-electron chi connectivity index (χ0n) is 13.1. The first kappa shape index (κ1) is 16.6. The number of hydrogen-bond acceptors (Lipinski definition) is 6. The second-order valence-corrected chi connectivity index (χ2v) is 7.54. The first-order chi connectivity index (χ1) is 11.0. The number of rotatable bonds is 4. The van der Waals surface area contributed by atoms with Crippen LogP contribution in [-0.4, -0.2) is 46.1 Å². The molecule has 2 aromatic heterocycles. The van der Waals surface area contributed by atoms with Gasteiger partial charge in [-0.15, -0.1) is 11.3 Å². The Morgan fingerprint density at radius 2 is 2.39 bits per heavy atom. The molecule has 0 bridgehead atoms. The summed E-state index contributed by atoms with van der Waals surface area (Å²) in [5, 5.41) is 9.34. The summed E-state index contributed by atoms with van der Waals surface area (Å²) >= 11 is 4.96. The van der Waals surface area contributed by atoms with E-state index in [9.17, 15) is 4.79 Å². The van der Waals surface area contributed by atoms with E-state index in [2.05, 4.69) is 45.2 Å². The van der Waals surface area contributed by atoms with Crippen LogP contribution in [0, 0.1) is 0 Å². The molecule has 6 nitrogen and oxygen atoms in total. The quantitative estimate of drug-likeness (QED) is 0.856. The Bertz CT molecular complexity index is 687. The summed E-state index contributed by atoms with van der Waals surface area (Å²) in [7, 11) is 0. The van der Waals surface area contributed by atoms with Crippen LogP contribution in [0.5, 0.6) is 0 Å². The zero-order chi connectivity index (χ0) is 16.4. The maximum absolute atomic E-state index is 12.4. The van der Waals surface area contributed by atoms with Gasteiger partial charge in [0.25, 0.3) is 0 Å². The fraction of sp³-hybridized carbons (Fsp3) is 0.533. The Morgan fingerprint density at radius 3 is 3.13 bits per heavy atom. The summed E-state index contributed by atoms with van der Waals surface area (Å²) in [5.74, 6) is 1.23. The van der Waals surface area contributed by atoms with Crippen molar-refractivity contribution in [2.75, 3.05) is 13.1 Å². The molecule has 1 fully saturated rings. The number of carbonyl (C=O) groups excluding carboxylic acids is 1. The van der Waals surface area contributed by atoms with E-state index in [1.165, 1.54) is 0 Å². The fourth-order valence-corrected chi connectivity index (χ4v) is 4.00. The van der Waals surface area contributed by atoms with Gasteiger partial charge in [0.15, 0.2) is 0 Å². The Hall–Kier alpha value is -1.25. The van der Waals surface area contributed by atoms with Crippen LogP contribution in [0.1, 0.15) is 26.2 Å². The third-order valence-corrected chi connectivity index (χ3v) is 5.85. The number of thiophene rings is 1. The molecule has 0 saturated carbocycles. The van der Waals surface area contributed by atoms with Crippen LogP contribution in [-0.2, 0) is 11.2 Å². The van der Waals surface area contributed by atoms with Crippen LogP contribution in [0.15, 0.2) is 20.4 Å². The minimum absolute atomic E-state index is 0.143. The van der Waals surface area contributed by atoms with Crippen molar-refractivity contribution in [1.29, 1.82) is 0 Å². The second-order valence-electron chi connectivity index (χ2n) is 5.71. The van der Waals surface area contributed by atoms with E-state index in [4.69, 9.17) is 4.52 Å². The lowest BCUT2D eigenvalue weighted by atomic mass is 10.1. The van der Waals surface area contributed by atoms with Crippen molar-refractivity contribution in [2.24, 2.45) is 0 Å². The molecule has 1 aliphatic rings. The molecule has 1 amide bonds. The van der Waals surface area contributed by atoms with E-state index in [1.54, 1.807) is 11.3 Å². The molecule has 3 rings (SSSR count). The predicted molar refractivity (Wildman–Crippen MR) is 92.3 cm³/mol. The predicted octanol–water partition coefficient (Wildman–Crippen LogP) is 2.70. The van der Waals surface area contributed by atoms with Gasteiger partial charge in [-0.1, -0.05) is 5.16 Å². The van der Waals surface area contributed by atoms with Crippen LogP contribution in [0.3, 0.4) is 0 Å². The summed E-state index contributed by atoms with van der Waals surface area (Å²) in [5.41, 5.74) is 0. The topological polar surface area (TPSA) is 71.3 Å². The first-order valence-electron chi connectivity index (χ1n) is 7.64. The third kappa shape index (κ3) is 3.81. The minimum atomic E-state index is 0.143. The van der Waals surface area contributed by atoms with Gasteiger partial charge in [-0.05, 0) is 35.8 Å². The van der Waals surface area contributed by atoms with Crippen molar-refractivity contribution in [3.05, 3.63) is 21.8 Å². The standard InChI is InChI=1S/C15H19BrN4O2S/c1-9-10(2)20(6-5-17-9)14(21)4-3-13-18-15(19-22-13)12-7-11(16)8-23-12/h7-10,17H,3-6H2,1-2H3. The lowest BCUT2D eigenvalue weighted by Gasteiger charge is -2.38. The van der Waals surface area contributed by atoms with Gasteiger partial charge in [0, 0.05) is 47.9 Å². The lowest BCUT2D eigenvalue weighted by Crippen LogP contribution is -2.57. The molecule has 8 heteroatoms. The molecule has 2 aromatic rings. The molecule has 0 spiro atoms. The Labute approximate surface area is 147 Å². The van der Waals surface area contributed by atoms with Crippen LogP contribution < -0.4 is 5.32 Å². The van der Waals surface area contributed by atoms with Crippen molar-refractivity contribution in [3.8, 4) is 10.7 Å². The highest BCUT2D eigenvalue weighted by Gasteiger charge is 2.28. The molecule has 23 heavy (non-hydrogen) atoms. The smallest absolute Gasteiger partial charge is 0.227 e. The molecule has 1 N–H and O–H groups in total. The number of aryl methyl sites for hydroxylation is 1. The number of nitrogens with zero attached hydrogens (tertiary/aromatic N) is 3. The van der Waals surface area contributed by atoms with E-state index < -0.39 is 0 Å². The van der Waals surface area contributed by atoms with E-state index in [0.29, 0.717) is 30.6 Å². The van der Waals surface area contributed by atoms with Crippen LogP contribution in [0.25, 0.3) is 10.7 Å². The summed E-state index contributed by atoms with van der Waals surface area (Å²) in [6.45, 7) is 5.78. The number of carbonyl (C=O) groups is 1. The lowest BCUT2D eigenvalue weighted by molar-refractivity contribution is -0.134. The van der Waals surface area contributed by atoms with Crippen molar-refractivity contribution in [3.63, 3.8) is 0 Å². The van der Waals surface area contributed by atoms with Gasteiger partial charge >= 0.3 is 0 Å². The first-order valence-corrected chi connectivity index (χ1v) is 9.31. The van der Waals surface area contributed by atoms with E-state index in [0.717, 1.165) is 22.4 Å². The summed E-state index contributed by atoms with van der Waals surface area (Å²) in [6.07, 6.45) is 0.871. The molecule has 0 aliphatic carbocycles. The molecule has 1 saturated heterocycles. The van der Waals surface area contributed by atoms with Crippen molar-refractivity contribution in [2.45, 2.75) is 38.8 Å². The van der Waals surface area contributed by atoms with Gasteiger partial charge in [-0.25, -0.2) is 0 Å². The normalized spacial score (nSPS) is 21.6. The molecule has 0 radical (unpaired) electrons. The van der Waals surface area contributed by atoms with E-state index in [1.807, 2.05) is 16.3 Å². The summed E-state index contributed by atoms with van der Waals surface area (Å²) < 4.78 is 6.26. The maximum atomic E-state index is 12.4. The summed E-state index contributed by atoms with van der Waals surface area (Å²) in [6, 6.07) is 2.48. The molecular weight excluding hydrogens is 380 g/mol. The number of halogens is 1. The van der Waals surface area contributed by atoms with Gasteiger partial charge in [-0.2, -0.15) is 4.98 Å². The summed E-state index contributed by atoms with van der Waals surface area (Å²) in [4.78, 5) is 19.7. The second kappa shape index (κ2) is 7.11. The van der Waals surface area contributed by atoms with Crippen molar-refractivity contribution < 1.29 is 9.32 Å². The monoisotopic (exact) mass is 398 g/mol. The maximum Gasteiger partial charge on any atom is 0.227 e. The molecular formula is C15H19BrN4O2S. The molecule has 1 aliphatic heterocycles. The average molecular weight is 399 g/mol. The van der Waals surface area contributed by atoms with Gasteiger partial charge in [0.05, 0.1) is 4.88 Å². The number of piperazine rings is 1. The highest BCUT2D eigenvalue weighted by Crippen LogP contribution is 2.27. The van der Waals surface area contributed by atoms with Crippen molar-refractivity contribution in [1.82, 2.24) is 20.4 Å². The van der Waals surface area contributed by atoms with Gasteiger partial charge in [0.2, 0.25) is 17.6 Å². The molecule has 124 valence electrons. The largest absolute Gasteiger partial charge is 0.339 e. The highest BCUT2D eigenvalue weighted by molar-refractivity contribution is 9.10. The van der Waals surface area contributed by atoms with Gasteiger partial charge < -0.3 is 14.7 Å². The van der Waals surface area contributed by atoms with Gasteiger partial charge in [0.1, 0.15) is 0 Å². The number of nitrogens with one attached hydrogen (secondary N) is 1. The number of aromatic nitrogens is 2. The molecule has 2 atom stereocenters. The molecule has 0 aromatic carbocycles. The van der Waals surface area contributed by atoms with Gasteiger partial charge in [-0.3, -0.25) is 4.79 Å². The number of amides is 1. The SMILES string of the molecule is CC1NCCN(C(=O)CCc2nc(-c3cc(Br)cs3)no2)C1C. The average Bonchev–Trinajstić information content (AvgIpc) is 3.16. The Balaban J connectivity index is 1.58. The Morgan fingerprint density at radius 1 is 1.57 bits per heavy atom.